The normalized spacial score (nSPS) is 17.6. The quantitative estimate of drug-likeness (QED) is 0.550. The van der Waals surface area contributed by atoms with Gasteiger partial charge in [-0.1, -0.05) is 12.1 Å². The third kappa shape index (κ3) is 3.86. The molecule has 2 N–H and O–H groups in total. The molecule has 2 heterocycles. The van der Waals surface area contributed by atoms with Gasteiger partial charge < -0.3 is 15.3 Å². The molecular weight excluding hydrogens is 336 g/mol. The van der Waals surface area contributed by atoms with Crippen LogP contribution < -0.4 is 5.32 Å². The van der Waals surface area contributed by atoms with Crippen LogP contribution in [0.4, 0.5) is 4.79 Å². The van der Waals surface area contributed by atoms with E-state index in [0.717, 1.165) is 13.1 Å². The molecule has 4 amide bonds. The van der Waals surface area contributed by atoms with Gasteiger partial charge in [-0.25, -0.2) is 4.79 Å². The van der Waals surface area contributed by atoms with E-state index < -0.39 is 0 Å². The Labute approximate surface area is 152 Å². The van der Waals surface area contributed by atoms with Crippen molar-refractivity contribution >= 4 is 17.8 Å². The number of carbonyl (C=O) groups is 3. The molecule has 1 saturated heterocycles. The molecule has 1 aromatic rings. The van der Waals surface area contributed by atoms with Gasteiger partial charge in [-0.3, -0.25) is 19.4 Å². The van der Waals surface area contributed by atoms with Crippen molar-refractivity contribution < 1.29 is 19.5 Å². The molecule has 26 heavy (non-hydrogen) atoms. The summed E-state index contributed by atoms with van der Waals surface area (Å²) in [5, 5.41) is 11.8. The molecule has 3 rings (SSSR count). The number of imide groups is 1. The van der Waals surface area contributed by atoms with Gasteiger partial charge in [-0.2, -0.15) is 0 Å². The number of rotatable bonds is 6. The summed E-state index contributed by atoms with van der Waals surface area (Å²) in [6.07, 6.45) is 0.516. The number of nitrogens with zero attached hydrogens (tertiary/aromatic N) is 3. The van der Waals surface area contributed by atoms with Crippen LogP contribution in [0, 0.1) is 0 Å². The van der Waals surface area contributed by atoms with Crippen molar-refractivity contribution in [2.75, 3.05) is 52.4 Å². The molecular formula is C18H24N4O4. The zero-order chi connectivity index (χ0) is 18.5. The van der Waals surface area contributed by atoms with Crippen LogP contribution in [0.3, 0.4) is 0 Å². The van der Waals surface area contributed by atoms with E-state index in [1.807, 2.05) is 0 Å². The number of nitrogens with one attached hydrogen (secondary N) is 1. The number of fused-ring (bicyclic) bond motifs is 1. The van der Waals surface area contributed by atoms with Crippen molar-refractivity contribution in [1.29, 1.82) is 0 Å². The fraction of sp³-hybridized carbons (Fsp3) is 0.500. The van der Waals surface area contributed by atoms with Crippen LogP contribution >= 0.6 is 0 Å². The van der Waals surface area contributed by atoms with Crippen molar-refractivity contribution in [3.05, 3.63) is 35.4 Å². The number of aliphatic hydroxyl groups excluding tert-OH is 1. The molecule has 0 aliphatic carbocycles. The number of piperazine rings is 1. The maximum Gasteiger partial charge on any atom is 0.317 e. The lowest BCUT2D eigenvalue weighted by Crippen LogP contribution is -2.52. The third-order valence-corrected chi connectivity index (χ3v) is 4.79. The number of hydrogen-bond acceptors (Lipinski definition) is 5. The first-order valence-corrected chi connectivity index (χ1v) is 8.93. The Morgan fingerprint density at radius 2 is 1.62 bits per heavy atom. The van der Waals surface area contributed by atoms with Crippen molar-refractivity contribution in [2.45, 2.75) is 6.42 Å². The molecule has 8 heteroatoms. The summed E-state index contributed by atoms with van der Waals surface area (Å²) in [5.74, 6) is -0.533. The molecule has 0 radical (unpaired) electrons. The molecule has 1 aromatic carbocycles. The predicted molar refractivity (Wildman–Crippen MR) is 94.9 cm³/mol. The summed E-state index contributed by atoms with van der Waals surface area (Å²) >= 11 is 0. The Morgan fingerprint density at radius 1 is 1.00 bits per heavy atom. The van der Waals surface area contributed by atoms with Crippen LogP contribution in [-0.2, 0) is 0 Å². The van der Waals surface area contributed by atoms with E-state index in [-0.39, 0.29) is 31.0 Å². The smallest absolute Gasteiger partial charge is 0.317 e. The molecule has 0 atom stereocenters. The summed E-state index contributed by atoms with van der Waals surface area (Å²) in [7, 11) is 0. The Morgan fingerprint density at radius 3 is 2.19 bits per heavy atom. The maximum absolute atomic E-state index is 12.3. The van der Waals surface area contributed by atoms with Crippen molar-refractivity contribution in [3.63, 3.8) is 0 Å². The highest BCUT2D eigenvalue weighted by Gasteiger charge is 2.34. The van der Waals surface area contributed by atoms with Gasteiger partial charge in [0.1, 0.15) is 0 Å². The highest BCUT2D eigenvalue weighted by atomic mass is 16.3. The van der Waals surface area contributed by atoms with E-state index in [9.17, 15) is 14.4 Å². The lowest BCUT2D eigenvalue weighted by molar-refractivity contribution is 0.0653. The first-order valence-electron chi connectivity index (χ1n) is 8.93. The molecule has 2 aliphatic heterocycles. The van der Waals surface area contributed by atoms with Crippen LogP contribution in [0.2, 0.25) is 0 Å². The van der Waals surface area contributed by atoms with E-state index in [0.29, 0.717) is 43.7 Å². The number of hydrogen-bond donors (Lipinski definition) is 2. The fourth-order valence-electron chi connectivity index (χ4n) is 3.30. The second kappa shape index (κ2) is 8.29. The van der Waals surface area contributed by atoms with Gasteiger partial charge in [0, 0.05) is 45.8 Å². The van der Waals surface area contributed by atoms with Crippen LogP contribution in [0.25, 0.3) is 0 Å². The first kappa shape index (κ1) is 18.3. The summed E-state index contributed by atoms with van der Waals surface area (Å²) in [5.41, 5.74) is 0.893. The number of amides is 4. The number of benzene rings is 1. The SMILES string of the molecule is O=C(NCCCN1C(=O)c2ccccc2C1=O)N1CCN(CCO)CC1. The Kier molecular flexibility index (Phi) is 5.85. The van der Waals surface area contributed by atoms with Gasteiger partial charge in [-0.05, 0) is 18.6 Å². The van der Waals surface area contributed by atoms with Crippen molar-refractivity contribution in [2.24, 2.45) is 0 Å². The lowest BCUT2D eigenvalue weighted by atomic mass is 10.1. The van der Waals surface area contributed by atoms with Crippen LogP contribution in [0.5, 0.6) is 0 Å². The Balaban J connectivity index is 1.39. The van der Waals surface area contributed by atoms with E-state index in [1.165, 1.54) is 4.90 Å². The molecule has 0 unspecified atom stereocenters. The Bertz CT molecular complexity index is 651. The molecule has 1 fully saturated rings. The maximum atomic E-state index is 12.3. The molecule has 140 valence electrons. The van der Waals surface area contributed by atoms with Gasteiger partial charge >= 0.3 is 6.03 Å². The van der Waals surface area contributed by atoms with Crippen molar-refractivity contribution in [1.82, 2.24) is 20.0 Å². The van der Waals surface area contributed by atoms with Gasteiger partial charge in [-0.15, -0.1) is 0 Å². The van der Waals surface area contributed by atoms with Crippen LogP contribution in [-0.4, -0.2) is 90.1 Å². The van der Waals surface area contributed by atoms with Gasteiger partial charge in [0.05, 0.1) is 17.7 Å². The molecule has 0 spiro atoms. The average molecular weight is 360 g/mol. The molecule has 2 aliphatic rings. The van der Waals surface area contributed by atoms with E-state index in [4.69, 9.17) is 5.11 Å². The van der Waals surface area contributed by atoms with Gasteiger partial charge in [0.15, 0.2) is 0 Å². The summed E-state index contributed by atoms with van der Waals surface area (Å²) in [6.45, 7) is 4.22. The average Bonchev–Trinajstić information content (AvgIpc) is 2.91. The van der Waals surface area contributed by atoms with Crippen LogP contribution in [0.15, 0.2) is 24.3 Å². The molecule has 0 saturated carbocycles. The minimum Gasteiger partial charge on any atom is -0.395 e. The standard InChI is InChI=1S/C18H24N4O4/c23-13-12-20-8-10-21(11-9-20)18(26)19-6-3-7-22-16(24)14-4-1-2-5-15(14)17(22)25/h1-2,4-5,23H,3,6-13H2,(H,19,26). The lowest BCUT2D eigenvalue weighted by Gasteiger charge is -2.34. The Hall–Kier alpha value is -2.45. The number of β-amino-alcohol motifs (C(OH)–C–C–N with tert-alkyl or cyclic N) is 1. The van der Waals surface area contributed by atoms with E-state index in [1.54, 1.807) is 29.2 Å². The summed E-state index contributed by atoms with van der Waals surface area (Å²) in [4.78, 5) is 41.8. The summed E-state index contributed by atoms with van der Waals surface area (Å²) in [6, 6.07) is 6.68. The topological polar surface area (TPSA) is 93.2 Å². The van der Waals surface area contributed by atoms with E-state index >= 15 is 0 Å². The summed E-state index contributed by atoms with van der Waals surface area (Å²) < 4.78 is 0. The fourth-order valence-corrected chi connectivity index (χ4v) is 3.30. The molecule has 0 bridgehead atoms. The third-order valence-electron chi connectivity index (χ3n) is 4.79. The minimum atomic E-state index is -0.267. The zero-order valence-electron chi connectivity index (χ0n) is 14.7. The minimum absolute atomic E-state index is 0.129. The number of urea groups is 1. The largest absolute Gasteiger partial charge is 0.395 e. The second-order valence-corrected chi connectivity index (χ2v) is 6.45. The van der Waals surface area contributed by atoms with Crippen molar-refractivity contribution in [3.8, 4) is 0 Å². The zero-order valence-corrected chi connectivity index (χ0v) is 14.7. The monoisotopic (exact) mass is 360 g/mol. The van der Waals surface area contributed by atoms with E-state index in [2.05, 4.69) is 10.2 Å². The molecule has 8 nitrogen and oxygen atoms in total. The predicted octanol–water partition coefficient (Wildman–Crippen LogP) is -0.00780. The number of carbonyl (C=O) groups excluding carboxylic acids is 3. The highest BCUT2D eigenvalue weighted by molar-refractivity contribution is 6.21. The van der Waals surface area contributed by atoms with Gasteiger partial charge in [0.25, 0.3) is 11.8 Å². The van der Waals surface area contributed by atoms with Gasteiger partial charge in [0.2, 0.25) is 0 Å². The molecule has 0 aromatic heterocycles. The highest BCUT2D eigenvalue weighted by Crippen LogP contribution is 2.22. The second-order valence-electron chi connectivity index (χ2n) is 6.45. The first-order chi connectivity index (χ1) is 12.6. The van der Waals surface area contributed by atoms with Crippen LogP contribution in [0.1, 0.15) is 27.1 Å². The number of aliphatic hydroxyl groups is 1.